The fourth-order valence-electron chi connectivity index (χ4n) is 8.27. The average Bonchev–Trinajstić information content (AvgIpc) is 3.42. The van der Waals surface area contributed by atoms with Gasteiger partial charge in [-0.25, -0.2) is 4.57 Å². The van der Waals surface area contributed by atoms with E-state index in [2.05, 4.69) is 135 Å². The third-order valence-corrected chi connectivity index (χ3v) is 13.8. The van der Waals surface area contributed by atoms with Crippen LogP contribution in [0.2, 0.25) is 0 Å². The first-order valence-electron chi connectivity index (χ1n) is 31.0. The van der Waals surface area contributed by atoms with Gasteiger partial charge >= 0.3 is 19.8 Å². The number of rotatable bonds is 57. The number of esters is 2. The van der Waals surface area contributed by atoms with Gasteiger partial charge in [-0.05, 0) is 109 Å². The van der Waals surface area contributed by atoms with E-state index in [1.807, 2.05) is 0 Å². The van der Waals surface area contributed by atoms with E-state index in [1.165, 1.54) is 122 Å². The van der Waals surface area contributed by atoms with Gasteiger partial charge < -0.3 is 20.1 Å². The van der Waals surface area contributed by atoms with Crippen LogP contribution in [0, 0.1) is 0 Å². The van der Waals surface area contributed by atoms with E-state index in [-0.39, 0.29) is 32.6 Å². The zero-order chi connectivity index (χ0) is 55.9. The van der Waals surface area contributed by atoms with Crippen LogP contribution in [0.5, 0.6) is 0 Å². The Hall–Kier alpha value is -3.59. The second-order valence-electron chi connectivity index (χ2n) is 20.2. The van der Waals surface area contributed by atoms with Gasteiger partial charge in [-0.1, -0.05) is 257 Å². The molecule has 0 aliphatic rings. The van der Waals surface area contributed by atoms with Crippen LogP contribution in [-0.4, -0.2) is 49.3 Å². The van der Waals surface area contributed by atoms with Crippen LogP contribution in [0.1, 0.15) is 258 Å². The zero-order valence-corrected chi connectivity index (χ0v) is 50.0. The van der Waals surface area contributed by atoms with Crippen molar-refractivity contribution in [3.8, 4) is 0 Å². The van der Waals surface area contributed by atoms with E-state index >= 15 is 0 Å². The van der Waals surface area contributed by atoms with E-state index in [9.17, 15) is 19.0 Å². The number of unbranched alkanes of at least 4 members (excludes halogenated alkanes) is 24. The molecule has 2 unspecified atom stereocenters. The molecule has 0 aliphatic carbocycles. The van der Waals surface area contributed by atoms with Gasteiger partial charge in [-0.15, -0.1) is 0 Å². The van der Waals surface area contributed by atoms with E-state index in [1.54, 1.807) is 0 Å². The highest BCUT2D eigenvalue weighted by atomic mass is 31.2. The van der Waals surface area contributed by atoms with Crippen molar-refractivity contribution >= 4 is 19.8 Å². The number of nitrogens with two attached hydrogens (primary N) is 1. The standard InChI is InChI=1S/C67H114NO8P/c1-3-5-7-9-11-13-15-17-19-21-23-25-27-29-31-32-34-36-38-40-42-44-46-48-50-52-54-56-58-60-67(70)76-65(64-75-77(71,72)74-62-61-68)63-73-66(69)59-57-55-53-51-49-47-45-43-41-39-37-35-33-30-28-26-24-22-20-18-16-14-12-10-8-6-4-2/h5,7,11,13,16-19,22-25,29,31,34,36,40,42,46,48,65H,3-4,6,8-10,12,14-15,20-21,26-28,30,32-33,35,37-39,41,43-45,47,49-64,68H2,1-2H3,(H,71,72)/b7-5-,13-11-,18-16-,19-17-,24-22-,25-23-,31-29-,36-34-,42-40-,48-46-. The van der Waals surface area contributed by atoms with Crippen LogP contribution in [0.15, 0.2) is 122 Å². The predicted octanol–water partition coefficient (Wildman–Crippen LogP) is 20.0. The molecule has 0 aromatic heterocycles. The maximum absolute atomic E-state index is 12.7. The number of carbonyl (C=O) groups excluding carboxylic acids is 2. The predicted molar refractivity (Wildman–Crippen MR) is 330 cm³/mol. The molecule has 9 nitrogen and oxygen atoms in total. The Morgan fingerprint density at radius 1 is 0.403 bits per heavy atom. The zero-order valence-electron chi connectivity index (χ0n) is 49.2. The molecule has 0 amide bonds. The molecule has 0 heterocycles. The lowest BCUT2D eigenvalue weighted by Gasteiger charge is -2.19. The normalized spacial score (nSPS) is 13.9. The summed E-state index contributed by atoms with van der Waals surface area (Å²) in [5.74, 6) is -0.860. The van der Waals surface area contributed by atoms with E-state index < -0.39 is 32.5 Å². The van der Waals surface area contributed by atoms with Gasteiger partial charge in [-0.3, -0.25) is 18.6 Å². The van der Waals surface area contributed by atoms with Crippen LogP contribution in [-0.2, 0) is 32.7 Å². The Bertz CT molecular complexity index is 1670. The molecule has 0 fully saturated rings. The number of phosphoric acid groups is 1. The molecular formula is C67H114NO8P. The Morgan fingerprint density at radius 2 is 0.714 bits per heavy atom. The number of hydrogen-bond acceptors (Lipinski definition) is 8. The molecule has 0 saturated heterocycles. The van der Waals surface area contributed by atoms with Gasteiger partial charge in [0.05, 0.1) is 13.2 Å². The van der Waals surface area contributed by atoms with Crippen LogP contribution in [0.25, 0.3) is 0 Å². The summed E-state index contributed by atoms with van der Waals surface area (Å²) in [4.78, 5) is 35.3. The summed E-state index contributed by atoms with van der Waals surface area (Å²) >= 11 is 0. The molecule has 10 heteroatoms. The molecule has 0 aliphatic heterocycles. The van der Waals surface area contributed by atoms with Crippen molar-refractivity contribution in [2.45, 2.75) is 264 Å². The molecule has 3 N–H and O–H groups in total. The minimum atomic E-state index is -4.41. The highest BCUT2D eigenvalue weighted by Gasteiger charge is 2.26. The molecule has 0 spiro atoms. The average molecular weight is 1090 g/mol. The lowest BCUT2D eigenvalue weighted by atomic mass is 10.0. The highest BCUT2D eigenvalue weighted by molar-refractivity contribution is 7.47. The van der Waals surface area contributed by atoms with Crippen LogP contribution >= 0.6 is 7.82 Å². The number of phosphoric ester groups is 1. The van der Waals surface area contributed by atoms with Gasteiger partial charge in [0.15, 0.2) is 6.10 Å². The maximum atomic E-state index is 12.7. The fraction of sp³-hybridized carbons (Fsp3) is 0.672. The number of allylic oxidation sites excluding steroid dienone is 20. The number of ether oxygens (including phenoxy) is 2. The van der Waals surface area contributed by atoms with Crippen LogP contribution in [0.4, 0.5) is 0 Å². The Morgan fingerprint density at radius 3 is 1.06 bits per heavy atom. The number of hydrogen-bond donors (Lipinski definition) is 2. The third-order valence-electron chi connectivity index (χ3n) is 12.8. The van der Waals surface area contributed by atoms with Crippen molar-refractivity contribution in [1.82, 2.24) is 0 Å². The smallest absolute Gasteiger partial charge is 0.462 e. The van der Waals surface area contributed by atoms with E-state index in [0.29, 0.717) is 6.42 Å². The molecule has 2 atom stereocenters. The molecule has 77 heavy (non-hydrogen) atoms. The first kappa shape index (κ1) is 73.4. The van der Waals surface area contributed by atoms with Crippen molar-refractivity contribution in [3.05, 3.63) is 122 Å². The monoisotopic (exact) mass is 1090 g/mol. The molecule has 0 radical (unpaired) electrons. The van der Waals surface area contributed by atoms with Gasteiger partial charge in [0, 0.05) is 19.4 Å². The second kappa shape index (κ2) is 61.6. The lowest BCUT2D eigenvalue weighted by molar-refractivity contribution is -0.161. The molecule has 0 aromatic carbocycles. The topological polar surface area (TPSA) is 134 Å². The maximum Gasteiger partial charge on any atom is 0.472 e. The fourth-order valence-corrected chi connectivity index (χ4v) is 9.04. The quantitative estimate of drug-likeness (QED) is 0.0264. The van der Waals surface area contributed by atoms with Gasteiger partial charge in [0.25, 0.3) is 0 Å². The first-order chi connectivity index (χ1) is 37.8. The molecule has 0 saturated carbocycles. The van der Waals surface area contributed by atoms with Crippen LogP contribution < -0.4 is 5.73 Å². The van der Waals surface area contributed by atoms with E-state index in [0.717, 1.165) is 103 Å². The SMILES string of the molecule is CC/C=C\C/C=C\C/C=C\C/C=C\C/C=C\C/C=C\C/C=C\C/C=C\CCCCCCC(=O)OC(COC(=O)CCCCCCCCCCCCCCCCC/C=C\C/C=C\CCCCCCC)COP(=O)(O)OCCN. The Labute approximate surface area is 472 Å². The second-order valence-corrected chi connectivity index (χ2v) is 21.6. The molecule has 0 rings (SSSR count). The van der Waals surface area contributed by atoms with Crippen molar-refractivity contribution in [3.63, 3.8) is 0 Å². The van der Waals surface area contributed by atoms with Crippen LogP contribution in [0.3, 0.4) is 0 Å². The lowest BCUT2D eigenvalue weighted by Crippen LogP contribution is -2.29. The third kappa shape index (κ3) is 61.5. The summed E-state index contributed by atoms with van der Waals surface area (Å²) in [5, 5.41) is 0. The van der Waals surface area contributed by atoms with Gasteiger partial charge in [0.2, 0.25) is 0 Å². The van der Waals surface area contributed by atoms with Crippen molar-refractivity contribution in [2.75, 3.05) is 26.4 Å². The van der Waals surface area contributed by atoms with Crippen molar-refractivity contribution in [1.29, 1.82) is 0 Å². The summed E-state index contributed by atoms with van der Waals surface area (Å²) in [6.45, 7) is 3.59. The first-order valence-corrected chi connectivity index (χ1v) is 32.5. The Kier molecular flexibility index (Phi) is 58.7. The van der Waals surface area contributed by atoms with Crippen molar-refractivity contribution in [2.24, 2.45) is 5.73 Å². The van der Waals surface area contributed by atoms with E-state index in [4.69, 9.17) is 24.3 Å². The highest BCUT2D eigenvalue weighted by Crippen LogP contribution is 2.43. The largest absolute Gasteiger partial charge is 0.472 e. The van der Waals surface area contributed by atoms with Crippen molar-refractivity contribution < 1.29 is 37.6 Å². The summed E-state index contributed by atoms with van der Waals surface area (Å²) in [6, 6.07) is 0. The minimum absolute atomic E-state index is 0.0430. The molecule has 440 valence electrons. The summed E-state index contributed by atoms with van der Waals surface area (Å²) < 4.78 is 33.1. The summed E-state index contributed by atoms with van der Waals surface area (Å²) in [6.07, 6.45) is 85.4. The molecule has 0 bridgehead atoms. The number of carbonyl (C=O) groups is 2. The van der Waals surface area contributed by atoms with Gasteiger partial charge in [-0.2, -0.15) is 0 Å². The summed E-state index contributed by atoms with van der Waals surface area (Å²) in [7, 11) is -4.41. The van der Waals surface area contributed by atoms with Gasteiger partial charge in [0.1, 0.15) is 6.61 Å². The molecular weight excluding hydrogens is 978 g/mol. The Balaban J connectivity index is 4.04. The minimum Gasteiger partial charge on any atom is -0.462 e. The molecule has 0 aromatic rings. The summed E-state index contributed by atoms with van der Waals surface area (Å²) in [5.41, 5.74) is 5.39.